The predicted octanol–water partition coefficient (Wildman–Crippen LogP) is 2.22. The standard InChI is InChI=1S/C15H20N4O2S/c1-12-8-13(18-22(20)6-4-21-5-7-22)9-15(14(12)10-16)17-11-19(2)3/h8-9,11H,4-7H2,1-3H3. The zero-order valence-corrected chi connectivity index (χ0v) is 13.9. The number of benzene rings is 1. The SMILES string of the molecule is Cc1cc(N=S2(=O)CCOCC2)cc(N=CN(C)C)c1C#N. The van der Waals surface area contributed by atoms with Gasteiger partial charge < -0.3 is 9.64 Å². The first kappa shape index (κ1) is 16.5. The van der Waals surface area contributed by atoms with Crippen molar-refractivity contribution in [2.75, 3.05) is 38.8 Å². The first-order valence-electron chi connectivity index (χ1n) is 6.99. The lowest BCUT2D eigenvalue weighted by molar-refractivity contribution is 0.158. The predicted molar refractivity (Wildman–Crippen MR) is 88.5 cm³/mol. The Morgan fingerprint density at radius 2 is 2.05 bits per heavy atom. The molecule has 7 heteroatoms. The van der Waals surface area contributed by atoms with Crippen molar-refractivity contribution < 1.29 is 8.95 Å². The monoisotopic (exact) mass is 320 g/mol. The van der Waals surface area contributed by atoms with Gasteiger partial charge in [0, 0.05) is 14.1 Å². The zero-order valence-electron chi connectivity index (χ0n) is 13.1. The Hall–Kier alpha value is -1.91. The molecule has 1 aromatic rings. The molecular weight excluding hydrogens is 300 g/mol. The molecule has 1 aromatic carbocycles. The molecule has 22 heavy (non-hydrogen) atoms. The molecule has 0 aliphatic carbocycles. The highest BCUT2D eigenvalue weighted by atomic mass is 32.2. The molecule has 1 saturated heterocycles. The smallest absolute Gasteiger partial charge is 0.102 e. The molecule has 1 heterocycles. The summed E-state index contributed by atoms with van der Waals surface area (Å²) in [5.41, 5.74) is 2.45. The average Bonchev–Trinajstić information content (AvgIpc) is 2.45. The first-order chi connectivity index (χ1) is 10.4. The minimum absolute atomic E-state index is 0.447. The van der Waals surface area contributed by atoms with Crippen LogP contribution in [0.2, 0.25) is 0 Å². The van der Waals surface area contributed by atoms with E-state index in [1.807, 2.05) is 21.0 Å². The molecule has 0 bridgehead atoms. The fourth-order valence-corrected chi connectivity index (χ4v) is 3.73. The van der Waals surface area contributed by atoms with Gasteiger partial charge >= 0.3 is 0 Å². The van der Waals surface area contributed by atoms with Crippen LogP contribution in [0.25, 0.3) is 0 Å². The van der Waals surface area contributed by atoms with Gasteiger partial charge in [-0.15, -0.1) is 0 Å². The third-order valence-corrected chi connectivity index (χ3v) is 5.36. The number of hydrogen-bond acceptors (Lipinski definition) is 5. The van der Waals surface area contributed by atoms with E-state index in [4.69, 9.17) is 4.74 Å². The Morgan fingerprint density at radius 3 is 2.64 bits per heavy atom. The van der Waals surface area contributed by atoms with Crippen molar-refractivity contribution in [3.63, 3.8) is 0 Å². The number of rotatable bonds is 3. The molecule has 0 N–H and O–H groups in total. The molecule has 2 rings (SSSR count). The summed E-state index contributed by atoms with van der Waals surface area (Å²) in [7, 11) is 1.44. The van der Waals surface area contributed by atoms with Crippen molar-refractivity contribution in [1.82, 2.24) is 4.90 Å². The minimum atomic E-state index is -2.27. The minimum Gasteiger partial charge on any atom is -0.379 e. The van der Waals surface area contributed by atoms with Crippen molar-refractivity contribution in [2.24, 2.45) is 9.36 Å². The summed E-state index contributed by atoms with van der Waals surface area (Å²) >= 11 is 0. The molecule has 0 unspecified atom stereocenters. The fourth-order valence-electron chi connectivity index (χ4n) is 2.09. The molecule has 1 aliphatic rings. The Bertz CT molecular complexity index is 729. The summed E-state index contributed by atoms with van der Waals surface area (Å²) in [6.07, 6.45) is 1.63. The third kappa shape index (κ3) is 4.06. The van der Waals surface area contributed by atoms with E-state index in [1.165, 1.54) is 0 Å². The average molecular weight is 320 g/mol. The highest BCUT2D eigenvalue weighted by molar-refractivity contribution is 7.93. The van der Waals surface area contributed by atoms with Gasteiger partial charge in [-0.05, 0) is 24.6 Å². The maximum Gasteiger partial charge on any atom is 0.102 e. The Kier molecular flexibility index (Phi) is 5.16. The number of ether oxygens (including phenoxy) is 1. The van der Waals surface area contributed by atoms with Gasteiger partial charge in [0.15, 0.2) is 0 Å². The lowest BCUT2D eigenvalue weighted by Crippen LogP contribution is -2.25. The van der Waals surface area contributed by atoms with Crippen LogP contribution in [0, 0.1) is 18.3 Å². The van der Waals surface area contributed by atoms with Gasteiger partial charge in [-0.1, -0.05) is 0 Å². The second kappa shape index (κ2) is 6.90. The molecule has 0 radical (unpaired) electrons. The van der Waals surface area contributed by atoms with E-state index in [9.17, 15) is 9.47 Å². The van der Waals surface area contributed by atoms with Crippen molar-refractivity contribution >= 4 is 27.4 Å². The second-order valence-corrected chi connectivity index (χ2v) is 7.91. The fraction of sp³-hybridized carbons (Fsp3) is 0.467. The van der Waals surface area contributed by atoms with Crippen LogP contribution in [-0.4, -0.2) is 54.3 Å². The van der Waals surface area contributed by atoms with Crippen molar-refractivity contribution in [1.29, 1.82) is 5.26 Å². The maximum atomic E-state index is 12.7. The van der Waals surface area contributed by atoms with Crippen molar-refractivity contribution in [3.8, 4) is 6.07 Å². The van der Waals surface area contributed by atoms with Gasteiger partial charge in [-0.25, -0.2) is 9.20 Å². The number of nitrogens with zero attached hydrogens (tertiary/aromatic N) is 4. The van der Waals surface area contributed by atoms with Gasteiger partial charge in [-0.2, -0.15) is 9.62 Å². The first-order valence-corrected chi connectivity index (χ1v) is 8.84. The maximum absolute atomic E-state index is 12.7. The van der Waals surface area contributed by atoms with Crippen LogP contribution in [-0.2, 0) is 14.5 Å². The van der Waals surface area contributed by atoms with Crippen LogP contribution >= 0.6 is 0 Å². The van der Waals surface area contributed by atoms with E-state index >= 15 is 0 Å². The van der Waals surface area contributed by atoms with Gasteiger partial charge in [0.1, 0.15) is 6.07 Å². The largest absolute Gasteiger partial charge is 0.379 e. The molecular formula is C15H20N4O2S. The van der Waals surface area contributed by atoms with Gasteiger partial charge in [-0.3, -0.25) is 0 Å². The number of nitriles is 1. The lowest BCUT2D eigenvalue weighted by Gasteiger charge is -2.16. The normalized spacial score (nSPS) is 17.2. The highest BCUT2D eigenvalue weighted by Crippen LogP contribution is 2.29. The summed E-state index contributed by atoms with van der Waals surface area (Å²) in [5.74, 6) is 0.894. The van der Waals surface area contributed by atoms with E-state index < -0.39 is 9.73 Å². The number of aryl methyl sites for hydroxylation is 1. The molecule has 6 nitrogen and oxygen atoms in total. The summed E-state index contributed by atoms with van der Waals surface area (Å²) in [6, 6.07) is 5.67. The quantitative estimate of drug-likeness (QED) is 0.632. The Balaban J connectivity index is 2.48. The van der Waals surface area contributed by atoms with Gasteiger partial charge in [0.25, 0.3) is 0 Å². The topological polar surface area (TPSA) is 78.0 Å². The Labute approximate surface area is 131 Å². The number of hydrogen-bond donors (Lipinski definition) is 0. The van der Waals surface area contributed by atoms with Gasteiger partial charge in [0.05, 0.1) is 57.7 Å². The molecule has 0 saturated carbocycles. The summed E-state index contributed by atoms with van der Waals surface area (Å²) in [5, 5.41) is 9.29. The van der Waals surface area contributed by atoms with Crippen molar-refractivity contribution in [3.05, 3.63) is 23.3 Å². The summed E-state index contributed by atoms with van der Waals surface area (Å²) < 4.78 is 22.3. The number of aliphatic imine (C=N–C) groups is 1. The van der Waals surface area contributed by atoms with Crippen LogP contribution in [0.15, 0.2) is 21.5 Å². The van der Waals surface area contributed by atoms with Crippen LogP contribution in [0.1, 0.15) is 11.1 Å². The van der Waals surface area contributed by atoms with E-state index in [0.29, 0.717) is 41.7 Å². The molecule has 1 fully saturated rings. The molecule has 0 amide bonds. The summed E-state index contributed by atoms with van der Waals surface area (Å²) in [6.45, 7) is 2.79. The van der Waals surface area contributed by atoms with E-state index in [0.717, 1.165) is 5.56 Å². The second-order valence-electron chi connectivity index (χ2n) is 5.36. The van der Waals surface area contributed by atoms with Gasteiger partial charge in [0.2, 0.25) is 0 Å². The molecule has 0 atom stereocenters. The van der Waals surface area contributed by atoms with E-state index in [1.54, 1.807) is 23.4 Å². The van der Waals surface area contributed by atoms with Crippen LogP contribution < -0.4 is 0 Å². The van der Waals surface area contributed by atoms with Crippen LogP contribution in [0.4, 0.5) is 11.4 Å². The highest BCUT2D eigenvalue weighted by Gasteiger charge is 2.16. The lowest BCUT2D eigenvalue weighted by atomic mass is 10.1. The Morgan fingerprint density at radius 1 is 1.36 bits per heavy atom. The molecule has 0 aromatic heterocycles. The van der Waals surface area contributed by atoms with Crippen LogP contribution in [0.5, 0.6) is 0 Å². The third-order valence-electron chi connectivity index (χ3n) is 3.20. The zero-order chi connectivity index (χ0) is 16.2. The molecule has 0 spiro atoms. The molecule has 118 valence electrons. The van der Waals surface area contributed by atoms with E-state index in [-0.39, 0.29) is 0 Å². The van der Waals surface area contributed by atoms with E-state index in [2.05, 4.69) is 15.4 Å². The van der Waals surface area contributed by atoms with Crippen molar-refractivity contribution in [2.45, 2.75) is 6.92 Å². The summed E-state index contributed by atoms with van der Waals surface area (Å²) in [4.78, 5) is 6.11. The van der Waals surface area contributed by atoms with Crippen LogP contribution in [0.3, 0.4) is 0 Å². The molecule has 1 aliphatic heterocycles.